The van der Waals surface area contributed by atoms with E-state index in [9.17, 15) is 4.79 Å². The lowest BCUT2D eigenvalue weighted by molar-refractivity contribution is -0.127. The fourth-order valence-electron chi connectivity index (χ4n) is 3.10. The number of carbonyl (C=O) groups is 1. The van der Waals surface area contributed by atoms with E-state index in [1.54, 1.807) is 0 Å². The number of nitrogens with one attached hydrogen (secondary N) is 1. The number of hydrogen-bond acceptors (Lipinski definition) is 1. The molecule has 0 radical (unpaired) electrons. The molecule has 1 aliphatic rings. The van der Waals surface area contributed by atoms with Gasteiger partial charge in [-0.25, -0.2) is 0 Å². The fraction of sp³-hybridized carbons (Fsp3) is 0.933. The Balaban J connectivity index is 2.41. The largest absolute Gasteiger partial charge is 0.355 e. The van der Waals surface area contributed by atoms with E-state index >= 15 is 0 Å². The minimum Gasteiger partial charge on any atom is -0.355 e. The standard InChI is InChI=1S/C15H28BrNO/c1-5-11(6-2)13(16)10-17-14(18)12-8-7-9-15(12,3)4/h11-13H,5-10H2,1-4H3,(H,17,18). The number of carbonyl (C=O) groups excluding carboxylic acids is 1. The van der Waals surface area contributed by atoms with Crippen LogP contribution < -0.4 is 5.32 Å². The molecular formula is C15H28BrNO. The van der Waals surface area contributed by atoms with Crippen LogP contribution >= 0.6 is 15.9 Å². The predicted octanol–water partition coefficient (Wildman–Crippen LogP) is 4.13. The summed E-state index contributed by atoms with van der Waals surface area (Å²) >= 11 is 3.72. The Kier molecular flexibility index (Phi) is 6.16. The first-order valence-electron chi connectivity index (χ1n) is 7.34. The number of halogens is 1. The number of rotatable bonds is 6. The first kappa shape index (κ1) is 16.0. The molecule has 3 heteroatoms. The van der Waals surface area contributed by atoms with Crippen LogP contribution in [-0.2, 0) is 4.79 Å². The minimum atomic E-state index is 0.181. The summed E-state index contributed by atoms with van der Waals surface area (Å²) in [5, 5.41) is 3.14. The molecule has 0 aromatic carbocycles. The zero-order valence-corrected chi connectivity index (χ0v) is 13.8. The molecule has 1 fully saturated rings. The van der Waals surface area contributed by atoms with E-state index in [2.05, 4.69) is 48.9 Å². The van der Waals surface area contributed by atoms with Gasteiger partial charge < -0.3 is 5.32 Å². The highest BCUT2D eigenvalue weighted by molar-refractivity contribution is 9.09. The molecule has 2 unspecified atom stereocenters. The van der Waals surface area contributed by atoms with Gasteiger partial charge in [-0.3, -0.25) is 4.79 Å². The van der Waals surface area contributed by atoms with Crippen molar-refractivity contribution < 1.29 is 4.79 Å². The maximum atomic E-state index is 12.2. The highest BCUT2D eigenvalue weighted by atomic mass is 79.9. The Labute approximate surface area is 120 Å². The molecule has 1 saturated carbocycles. The molecule has 0 aliphatic heterocycles. The van der Waals surface area contributed by atoms with Gasteiger partial charge in [-0.15, -0.1) is 0 Å². The summed E-state index contributed by atoms with van der Waals surface area (Å²) in [7, 11) is 0. The first-order chi connectivity index (χ1) is 8.42. The summed E-state index contributed by atoms with van der Waals surface area (Å²) < 4.78 is 0. The predicted molar refractivity (Wildman–Crippen MR) is 80.9 cm³/mol. The van der Waals surface area contributed by atoms with Gasteiger partial charge in [0.1, 0.15) is 0 Å². The van der Waals surface area contributed by atoms with Crippen molar-refractivity contribution in [1.29, 1.82) is 0 Å². The maximum Gasteiger partial charge on any atom is 0.223 e. The quantitative estimate of drug-likeness (QED) is 0.733. The topological polar surface area (TPSA) is 29.1 Å². The molecule has 0 heterocycles. The second-order valence-electron chi connectivity index (χ2n) is 6.27. The van der Waals surface area contributed by atoms with Crippen LogP contribution in [0, 0.1) is 17.3 Å². The van der Waals surface area contributed by atoms with Crippen LogP contribution in [0.1, 0.15) is 59.8 Å². The average Bonchev–Trinajstić information content (AvgIpc) is 2.67. The first-order valence-corrected chi connectivity index (χ1v) is 8.25. The summed E-state index contributed by atoms with van der Waals surface area (Å²) in [5.74, 6) is 1.12. The summed E-state index contributed by atoms with van der Waals surface area (Å²) in [6.07, 6.45) is 5.75. The van der Waals surface area contributed by atoms with E-state index in [0.29, 0.717) is 10.7 Å². The highest BCUT2D eigenvalue weighted by Gasteiger charge is 2.39. The molecule has 0 aromatic heterocycles. The third-order valence-corrected chi connectivity index (χ3v) is 5.68. The third-order valence-electron chi connectivity index (χ3n) is 4.61. The molecule has 0 aromatic rings. The summed E-state index contributed by atoms with van der Waals surface area (Å²) in [6.45, 7) is 9.62. The van der Waals surface area contributed by atoms with E-state index in [1.807, 2.05) is 0 Å². The van der Waals surface area contributed by atoms with Gasteiger partial charge in [0.15, 0.2) is 0 Å². The van der Waals surface area contributed by atoms with Crippen molar-refractivity contribution in [2.45, 2.75) is 64.6 Å². The normalized spacial score (nSPS) is 24.2. The molecule has 0 spiro atoms. The van der Waals surface area contributed by atoms with Crippen molar-refractivity contribution in [2.24, 2.45) is 17.3 Å². The molecule has 1 aliphatic carbocycles. The van der Waals surface area contributed by atoms with Crippen LogP contribution in [0.2, 0.25) is 0 Å². The van der Waals surface area contributed by atoms with E-state index < -0.39 is 0 Å². The molecule has 2 nitrogen and oxygen atoms in total. The zero-order chi connectivity index (χ0) is 13.8. The van der Waals surface area contributed by atoms with Gasteiger partial charge in [0.2, 0.25) is 5.91 Å². The Bertz CT molecular complexity index is 274. The number of amides is 1. The monoisotopic (exact) mass is 317 g/mol. The Morgan fingerprint density at radius 3 is 2.44 bits per heavy atom. The van der Waals surface area contributed by atoms with E-state index in [1.165, 1.54) is 12.8 Å². The average molecular weight is 318 g/mol. The molecule has 0 saturated heterocycles. The third kappa shape index (κ3) is 3.97. The van der Waals surface area contributed by atoms with Crippen molar-refractivity contribution in [3.8, 4) is 0 Å². The van der Waals surface area contributed by atoms with Crippen molar-refractivity contribution in [2.75, 3.05) is 6.54 Å². The highest BCUT2D eigenvalue weighted by Crippen LogP contribution is 2.42. The van der Waals surface area contributed by atoms with Crippen LogP contribution in [-0.4, -0.2) is 17.3 Å². The summed E-state index contributed by atoms with van der Waals surface area (Å²) in [5.41, 5.74) is 0.181. The smallest absolute Gasteiger partial charge is 0.223 e. The van der Waals surface area contributed by atoms with Crippen LogP contribution in [0.15, 0.2) is 0 Å². The lowest BCUT2D eigenvalue weighted by atomic mass is 9.81. The molecule has 18 heavy (non-hydrogen) atoms. The lowest BCUT2D eigenvalue weighted by Crippen LogP contribution is -2.40. The number of hydrogen-bond donors (Lipinski definition) is 1. The van der Waals surface area contributed by atoms with E-state index in [0.717, 1.165) is 25.8 Å². The van der Waals surface area contributed by atoms with Crippen molar-refractivity contribution >= 4 is 21.8 Å². The SMILES string of the molecule is CCC(CC)C(Br)CNC(=O)C1CCCC1(C)C. The van der Waals surface area contributed by atoms with Crippen LogP contribution in [0.5, 0.6) is 0 Å². The minimum absolute atomic E-state index is 0.181. The van der Waals surface area contributed by atoms with Crippen molar-refractivity contribution in [3.05, 3.63) is 0 Å². The summed E-state index contributed by atoms with van der Waals surface area (Å²) in [6, 6.07) is 0. The van der Waals surface area contributed by atoms with Crippen LogP contribution in [0.4, 0.5) is 0 Å². The molecule has 2 atom stereocenters. The van der Waals surface area contributed by atoms with Crippen LogP contribution in [0.3, 0.4) is 0 Å². The van der Waals surface area contributed by atoms with Gasteiger partial charge in [0, 0.05) is 17.3 Å². The lowest BCUT2D eigenvalue weighted by Gasteiger charge is -2.27. The van der Waals surface area contributed by atoms with Gasteiger partial charge in [-0.05, 0) is 24.2 Å². The van der Waals surface area contributed by atoms with Gasteiger partial charge in [-0.2, -0.15) is 0 Å². The van der Waals surface area contributed by atoms with Crippen molar-refractivity contribution in [3.63, 3.8) is 0 Å². The van der Waals surface area contributed by atoms with Crippen molar-refractivity contribution in [1.82, 2.24) is 5.32 Å². The van der Waals surface area contributed by atoms with Gasteiger partial charge in [0.25, 0.3) is 0 Å². The molecule has 1 amide bonds. The van der Waals surface area contributed by atoms with Gasteiger partial charge in [0.05, 0.1) is 0 Å². The van der Waals surface area contributed by atoms with Crippen LogP contribution in [0.25, 0.3) is 0 Å². The summed E-state index contributed by atoms with van der Waals surface area (Å²) in [4.78, 5) is 12.6. The Morgan fingerprint density at radius 1 is 1.39 bits per heavy atom. The zero-order valence-electron chi connectivity index (χ0n) is 12.3. The van der Waals surface area contributed by atoms with Gasteiger partial charge >= 0.3 is 0 Å². The molecule has 0 bridgehead atoms. The Hall–Kier alpha value is -0.0500. The second kappa shape index (κ2) is 6.93. The maximum absolute atomic E-state index is 12.2. The van der Waals surface area contributed by atoms with E-state index in [4.69, 9.17) is 0 Å². The molecule has 1 N–H and O–H groups in total. The Morgan fingerprint density at radius 2 is 2.00 bits per heavy atom. The molecule has 106 valence electrons. The van der Waals surface area contributed by atoms with Gasteiger partial charge in [-0.1, -0.05) is 62.9 Å². The fourth-order valence-corrected chi connectivity index (χ4v) is 4.01. The molecule has 1 rings (SSSR count). The number of alkyl halides is 1. The molecular weight excluding hydrogens is 290 g/mol. The van der Waals surface area contributed by atoms with E-state index in [-0.39, 0.29) is 17.2 Å². The second-order valence-corrected chi connectivity index (χ2v) is 7.45.